The van der Waals surface area contributed by atoms with Crippen LogP contribution in [0.25, 0.3) is 5.65 Å². The van der Waals surface area contributed by atoms with Gasteiger partial charge >= 0.3 is 0 Å². The van der Waals surface area contributed by atoms with Crippen LogP contribution in [0.1, 0.15) is 58.2 Å². The van der Waals surface area contributed by atoms with Crippen molar-refractivity contribution in [3.05, 3.63) is 30.2 Å². The van der Waals surface area contributed by atoms with Crippen molar-refractivity contribution >= 4 is 35.6 Å². The maximum absolute atomic E-state index is 5.63. The van der Waals surface area contributed by atoms with E-state index in [1.165, 1.54) is 25.7 Å². The van der Waals surface area contributed by atoms with Crippen LogP contribution in [0.3, 0.4) is 0 Å². The minimum absolute atomic E-state index is 0. The van der Waals surface area contributed by atoms with Crippen LogP contribution in [0.15, 0.2) is 29.4 Å². The summed E-state index contributed by atoms with van der Waals surface area (Å²) in [5.74, 6) is 1.92. The zero-order valence-electron chi connectivity index (χ0n) is 18.4. The minimum Gasteiger partial charge on any atom is -0.382 e. The number of hydrogen-bond acceptors (Lipinski definition) is 4. The van der Waals surface area contributed by atoms with E-state index in [1.807, 2.05) is 24.4 Å². The van der Waals surface area contributed by atoms with Gasteiger partial charge in [-0.25, -0.2) is 0 Å². The van der Waals surface area contributed by atoms with E-state index in [4.69, 9.17) is 9.73 Å². The van der Waals surface area contributed by atoms with Crippen molar-refractivity contribution in [1.82, 2.24) is 25.2 Å². The summed E-state index contributed by atoms with van der Waals surface area (Å²) in [6, 6.07) is 5.98. The average molecular weight is 528 g/mol. The Morgan fingerprint density at radius 2 is 2.03 bits per heavy atom. The van der Waals surface area contributed by atoms with Crippen molar-refractivity contribution in [2.24, 2.45) is 10.4 Å². The lowest BCUT2D eigenvalue weighted by Gasteiger charge is -2.27. The van der Waals surface area contributed by atoms with Gasteiger partial charge in [-0.15, -0.1) is 34.2 Å². The molecule has 8 heteroatoms. The van der Waals surface area contributed by atoms with Crippen LogP contribution in [0.4, 0.5) is 0 Å². The second-order valence-corrected chi connectivity index (χ2v) is 7.92. The smallest absolute Gasteiger partial charge is 0.191 e. The highest BCUT2D eigenvalue weighted by molar-refractivity contribution is 14.0. The Morgan fingerprint density at radius 1 is 1.20 bits per heavy atom. The summed E-state index contributed by atoms with van der Waals surface area (Å²) in [5, 5.41) is 15.4. The molecule has 30 heavy (non-hydrogen) atoms. The van der Waals surface area contributed by atoms with Gasteiger partial charge in [-0.1, -0.05) is 18.9 Å². The molecular formula is C22H37IN6O. The fourth-order valence-electron chi connectivity index (χ4n) is 4.15. The first-order chi connectivity index (χ1) is 14.3. The number of aryl methyl sites for hydroxylation is 1. The first-order valence-corrected chi connectivity index (χ1v) is 11.1. The number of nitrogens with zero attached hydrogens (tertiary/aromatic N) is 4. The van der Waals surface area contributed by atoms with Crippen LogP contribution in [0.5, 0.6) is 0 Å². The number of ether oxygens (including phenoxy) is 1. The molecule has 3 rings (SSSR count). The van der Waals surface area contributed by atoms with Gasteiger partial charge < -0.3 is 15.4 Å². The summed E-state index contributed by atoms with van der Waals surface area (Å²) in [5.41, 5.74) is 1.22. The quantitative estimate of drug-likeness (QED) is 0.201. The second-order valence-electron chi connectivity index (χ2n) is 7.92. The molecule has 1 aliphatic carbocycles. The van der Waals surface area contributed by atoms with Gasteiger partial charge in [0.15, 0.2) is 11.6 Å². The van der Waals surface area contributed by atoms with Gasteiger partial charge in [0, 0.05) is 45.5 Å². The first kappa shape index (κ1) is 24.8. The third-order valence-corrected chi connectivity index (χ3v) is 5.82. The van der Waals surface area contributed by atoms with E-state index in [0.29, 0.717) is 5.41 Å². The Kier molecular flexibility index (Phi) is 10.8. The van der Waals surface area contributed by atoms with Gasteiger partial charge in [0.1, 0.15) is 5.82 Å². The highest BCUT2D eigenvalue weighted by Crippen LogP contribution is 2.41. The molecule has 2 N–H and O–H groups in total. The van der Waals surface area contributed by atoms with E-state index >= 15 is 0 Å². The topological polar surface area (TPSA) is 75.8 Å². The third-order valence-electron chi connectivity index (χ3n) is 5.82. The largest absolute Gasteiger partial charge is 0.382 e. The van der Waals surface area contributed by atoms with Crippen molar-refractivity contribution in [2.45, 2.75) is 58.8 Å². The van der Waals surface area contributed by atoms with E-state index in [9.17, 15) is 0 Å². The Morgan fingerprint density at radius 3 is 2.80 bits per heavy atom. The standard InChI is InChI=1S/C22H36N6O.HI/c1-3-23-21(25-18-22(12-6-7-13-22)14-17-29-4-2)24-15-9-11-20-27-26-19-10-5-8-16-28(19)20;/h5,8,10,16H,3-4,6-7,9,11-15,17-18H2,1-2H3,(H2,23,24,25);1H. The summed E-state index contributed by atoms with van der Waals surface area (Å²) in [6.45, 7) is 8.43. The molecule has 0 spiro atoms. The van der Waals surface area contributed by atoms with Crippen molar-refractivity contribution in [3.8, 4) is 0 Å². The Labute approximate surface area is 197 Å². The van der Waals surface area contributed by atoms with Gasteiger partial charge in [0.25, 0.3) is 0 Å². The van der Waals surface area contributed by atoms with E-state index in [1.54, 1.807) is 0 Å². The van der Waals surface area contributed by atoms with Gasteiger partial charge in [-0.05, 0) is 57.1 Å². The fourth-order valence-corrected chi connectivity index (χ4v) is 4.15. The van der Waals surface area contributed by atoms with Crippen molar-refractivity contribution in [1.29, 1.82) is 0 Å². The number of hydrogen-bond donors (Lipinski definition) is 2. The highest BCUT2D eigenvalue weighted by atomic mass is 127. The lowest BCUT2D eigenvalue weighted by Crippen LogP contribution is -2.39. The summed E-state index contributed by atoms with van der Waals surface area (Å²) >= 11 is 0. The maximum atomic E-state index is 5.63. The molecule has 0 radical (unpaired) electrons. The third kappa shape index (κ3) is 7.08. The van der Waals surface area contributed by atoms with Crippen LogP contribution in [0, 0.1) is 5.41 Å². The van der Waals surface area contributed by atoms with E-state index in [2.05, 4.69) is 39.1 Å². The molecule has 1 saturated carbocycles. The normalized spacial score (nSPS) is 15.9. The van der Waals surface area contributed by atoms with E-state index in [-0.39, 0.29) is 24.0 Å². The molecule has 0 aliphatic heterocycles. The van der Waals surface area contributed by atoms with Crippen LogP contribution in [-0.4, -0.2) is 53.4 Å². The molecule has 2 aromatic rings. The van der Waals surface area contributed by atoms with Crippen molar-refractivity contribution in [2.75, 3.05) is 32.8 Å². The molecule has 2 aromatic heterocycles. The zero-order chi connectivity index (χ0) is 20.4. The molecule has 2 heterocycles. The number of aliphatic imine (C=N–C) groups is 1. The van der Waals surface area contributed by atoms with E-state index in [0.717, 1.165) is 69.5 Å². The number of fused-ring (bicyclic) bond motifs is 1. The molecule has 0 bridgehead atoms. The van der Waals surface area contributed by atoms with Crippen molar-refractivity contribution < 1.29 is 4.74 Å². The maximum Gasteiger partial charge on any atom is 0.191 e. The molecular weight excluding hydrogens is 491 g/mol. The zero-order valence-corrected chi connectivity index (χ0v) is 20.7. The summed E-state index contributed by atoms with van der Waals surface area (Å²) < 4.78 is 7.68. The molecule has 1 fully saturated rings. The predicted octanol–water partition coefficient (Wildman–Crippen LogP) is 3.82. The van der Waals surface area contributed by atoms with Gasteiger partial charge in [0.05, 0.1) is 0 Å². The number of guanidine groups is 1. The monoisotopic (exact) mass is 528 g/mol. The second kappa shape index (κ2) is 13.1. The molecule has 0 aromatic carbocycles. The molecule has 7 nitrogen and oxygen atoms in total. The molecule has 168 valence electrons. The van der Waals surface area contributed by atoms with Gasteiger partial charge in [-0.2, -0.15) is 0 Å². The molecule has 0 saturated heterocycles. The Hall–Kier alpha value is -1.42. The highest BCUT2D eigenvalue weighted by Gasteiger charge is 2.33. The minimum atomic E-state index is 0. The fraction of sp³-hybridized carbons (Fsp3) is 0.682. The number of nitrogens with one attached hydrogen (secondary N) is 2. The van der Waals surface area contributed by atoms with E-state index < -0.39 is 0 Å². The SMILES string of the molecule is CCNC(=NCC1(CCOCC)CCCC1)NCCCc1nnc2ccccn12.I. The number of rotatable bonds is 11. The number of aromatic nitrogens is 3. The Bertz CT molecular complexity index is 772. The lowest BCUT2D eigenvalue weighted by molar-refractivity contribution is 0.107. The summed E-state index contributed by atoms with van der Waals surface area (Å²) in [6.07, 6.45) is 10.2. The molecule has 1 aliphatic rings. The first-order valence-electron chi connectivity index (χ1n) is 11.1. The lowest BCUT2D eigenvalue weighted by atomic mass is 9.83. The van der Waals surface area contributed by atoms with Crippen molar-refractivity contribution in [3.63, 3.8) is 0 Å². The average Bonchev–Trinajstić information content (AvgIpc) is 3.37. The molecule has 0 amide bonds. The number of halogens is 1. The van der Waals surface area contributed by atoms with Crippen LogP contribution < -0.4 is 10.6 Å². The summed E-state index contributed by atoms with van der Waals surface area (Å²) in [4.78, 5) is 4.94. The van der Waals surface area contributed by atoms with Crippen LogP contribution in [0.2, 0.25) is 0 Å². The van der Waals surface area contributed by atoms with Crippen LogP contribution >= 0.6 is 24.0 Å². The molecule has 0 unspecified atom stereocenters. The van der Waals surface area contributed by atoms with Gasteiger partial charge in [-0.3, -0.25) is 9.39 Å². The Balaban J connectivity index is 0.00000320. The van der Waals surface area contributed by atoms with Gasteiger partial charge in [0.2, 0.25) is 0 Å². The number of pyridine rings is 1. The summed E-state index contributed by atoms with van der Waals surface area (Å²) in [7, 11) is 0. The molecule has 0 atom stereocenters. The van der Waals surface area contributed by atoms with Crippen LogP contribution in [-0.2, 0) is 11.2 Å². The predicted molar refractivity (Wildman–Crippen MR) is 133 cm³/mol.